The molecule has 0 bridgehead atoms. The first-order valence-corrected chi connectivity index (χ1v) is 6.16. The van der Waals surface area contributed by atoms with E-state index in [-0.39, 0.29) is 12.5 Å². The van der Waals surface area contributed by atoms with E-state index in [0.29, 0.717) is 5.92 Å². The predicted molar refractivity (Wildman–Crippen MR) is 64.1 cm³/mol. The molecule has 0 spiro atoms. The number of rotatable bonds is 4. The molecule has 0 saturated carbocycles. The molecule has 1 saturated heterocycles. The maximum Gasteiger partial charge on any atom is 0.242 e. The number of likely N-dealkylation sites (tertiary alicyclic amines) is 1. The van der Waals surface area contributed by atoms with Crippen LogP contribution >= 0.6 is 0 Å². The van der Waals surface area contributed by atoms with Gasteiger partial charge in [0, 0.05) is 19.7 Å². The maximum absolute atomic E-state index is 12.2. The minimum absolute atomic E-state index is 0.172. The van der Waals surface area contributed by atoms with Crippen LogP contribution in [0.15, 0.2) is 0 Å². The lowest BCUT2D eigenvalue weighted by Gasteiger charge is -2.36. The maximum atomic E-state index is 12.2. The molecule has 0 aromatic rings. The molecule has 0 atom stereocenters. The molecule has 0 radical (unpaired) electrons. The van der Waals surface area contributed by atoms with E-state index in [0.717, 1.165) is 32.5 Å². The van der Waals surface area contributed by atoms with Crippen molar-refractivity contribution in [3.8, 4) is 0 Å². The van der Waals surface area contributed by atoms with E-state index >= 15 is 0 Å². The van der Waals surface area contributed by atoms with Crippen molar-refractivity contribution < 1.29 is 9.90 Å². The number of aliphatic hydroxyl groups excluding tert-OH is 1. The molecule has 1 fully saturated rings. The zero-order valence-electron chi connectivity index (χ0n) is 10.6. The third-order valence-corrected chi connectivity index (χ3v) is 3.31. The Morgan fingerprint density at radius 3 is 2.44 bits per heavy atom. The highest BCUT2D eigenvalue weighted by Gasteiger charge is 2.32. The highest BCUT2D eigenvalue weighted by Crippen LogP contribution is 2.19. The van der Waals surface area contributed by atoms with Crippen LogP contribution in [-0.2, 0) is 4.79 Å². The van der Waals surface area contributed by atoms with Crippen molar-refractivity contribution in [1.29, 1.82) is 0 Å². The Balaban J connectivity index is 2.50. The number of amides is 1. The molecule has 0 aromatic carbocycles. The molecule has 2 N–H and O–H groups in total. The second-order valence-corrected chi connectivity index (χ2v) is 5.07. The van der Waals surface area contributed by atoms with Crippen LogP contribution in [0, 0.1) is 5.92 Å². The second kappa shape index (κ2) is 5.64. The number of hydrogen-bond donors (Lipinski definition) is 2. The summed E-state index contributed by atoms with van der Waals surface area (Å²) in [5, 5.41) is 12.2. The van der Waals surface area contributed by atoms with E-state index in [1.165, 1.54) is 0 Å². The van der Waals surface area contributed by atoms with E-state index in [1.807, 2.05) is 25.7 Å². The van der Waals surface area contributed by atoms with Gasteiger partial charge in [0.25, 0.3) is 0 Å². The van der Waals surface area contributed by atoms with E-state index < -0.39 is 5.54 Å². The molecule has 4 heteroatoms. The molecule has 16 heavy (non-hydrogen) atoms. The minimum atomic E-state index is -0.471. The van der Waals surface area contributed by atoms with Gasteiger partial charge < -0.3 is 15.3 Å². The van der Waals surface area contributed by atoms with Crippen molar-refractivity contribution in [3.05, 3.63) is 0 Å². The van der Waals surface area contributed by atoms with E-state index in [9.17, 15) is 4.79 Å². The zero-order valence-corrected chi connectivity index (χ0v) is 10.6. The molecule has 1 aliphatic heterocycles. The van der Waals surface area contributed by atoms with Crippen molar-refractivity contribution in [2.24, 2.45) is 5.92 Å². The lowest BCUT2D eigenvalue weighted by Crippen LogP contribution is -2.55. The van der Waals surface area contributed by atoms with Crippen molar-refractivity contribution in [3.63, 3.8) is 0 Å². The quantitative estimate of drug-likeness (QED) is 0.741. The number of carbonyl (C=O) groups is 1. The molecule has 1 rings (SSSR count). The third kappa shape index (κ3) is 3.19. The van der Waals surface area contributed by atoms with Crippen LogP contribution in [0.3, 0.4) is 0 Å². The van der Waals surface area contributed by atoms with Crippen LogP contribution in [0.25, 0.3) is 0 Å². The number of piperidine rings is 1. The largest absolute Gasteiger partial charge is 0.396 e. The first-order chi connectivity index (χ1) is 7.51. The smallest absolute Gasteiger partial charge is 0.242 e. The third-order valence-electron chi connectivity index (χ3n) is 3.31. The topological polar surface area (TPSA) is 52.6 Å². The van der Waals surface area contributed by atoms with Gasteiger partial charge in [-0.3, -0.25) is 4.79 Å². The summed E-state index contributed by atoms with van der Waals surface area (Å²) in [7, 11) is 0. The summed E-state index contributed by atoms with van der Waals surface area (Å²) in [5.74, 6) is 0.553. The van der Waals surface area contributed by atoms with Crippen molar-refractivity contribution >= 4 is 5.91 Å². The van der Waals surface area contributed by atoms with Gasteiger partial charge in [-0.05, 0) is 39.2 Å². The van der Waals surface area contributed by atoms with Crippen molar-refractivity contribution in [2.45, 2.75) is 39.2 Å². The Bertz CT molecular complexity index is 233. The summed E-state index contributed by atoms with van der Waals surface area (Å²) in [6.07, 6.45) is 1.84. The molecule has 1 aliphatic rings. The van der Waals surface area contributed by atoms with Gasteiger partial charge in [-0.2, -0.15) is 0 Å². The van der Waals surface area contributed by atoms with Crippen LogP contribution in [0.4, 0.5) is 0 Å². The lowest BCUT2D eigenvalue weighted by molar-refractivity contribution is -0.138. The molecule has 0 unspecified atom stereocenters. The monoisotopic (exact) mass is 228 g/mol. The fraction of sp³-hybridized carbons (Fsp3) is 0.917. The average molecular weight is 228 g/mol. The first-order valence-electron chi connectivity index (χ1n) is 6.16. The molecule has 94 valence electrons. The van der Waals surface area contributed by atoms with Gasteiger partial charge in [0.2, 0.25) is 5.91 Å². The van der Waals surface area contributed by atoms with Crippen LogP contribution in [-0.4, -0.2) is 47.7 Å². The van der Waals surface area contributed by atoms with Gasteiger partial charge in [0.15, 0.2) is 0 Å². The second-order valence-electron chi connectivity index (χ2n) is 5.07. The Kier molecular flexibility index (Phi) is 4.74. The molecule has 0 aromatic heterocycles. The number of nitrogens with one attached hydrogen (secondary N) is 1. The van der Waals surface area contributed by atoms with Crippen molar-refractivity contribution in [2.75, 3.05) is 26.2 Å². The summed E-state index contributed by atoms with van der Waals surface area (Å²) < 4.78 is 0. The number of likely N-dealkylation sites (N-methyl/N-ethyl adjacent to an activating group) is 1. The molecule has 1 amide bonds. The normalized spacial score (nSPS) is 18.9. The summed E-state index contributed by atoms with van der Waals surface area (Å²) >= 11 is 0. The van der Waals surface area contributed by atoms with Crippen LogP contribution < -0.4 is 5.32 Å². The Morgan fingerprint density at radius 2 is 2.00 bits per heavy atom. The molecule has 0 aliphatic carbocycles. The van der Waals surface area contributed by atoms with Gasteiger partial charge in [0.05, 0.1) is 5.54 Å². The SMILES string of the molecule is CCNC(C)(C)C(=O)N1CCC(CO)CC1. The molecular formula is C12H24N2O2. The highest BCUT2D eigenvalue weighted by atomic mass is 16.3. The molecule has 4 nitrogen and oxygen atoms in total. The molecule has 1 heterocycles. The van der Waals surface area contributed by atoms with Gasteiger partial charge in [-0.1, -0.05) is 6.92 Å². The fourth-order valence-electron chi connectivity index (χ4n) is 2.23. The van der Waals surface area contributed by atoms with Crippen LogP contribution in [0.1, 0.15) is 33.6 Å². The van der Waals surface area contributed by atoms with Gasteiger partial charge in [-0.25, -0.2) is 0 Å². The lowest BCUT2D eigenvalue weighted by atomic mass is 9.95. The summed E-state index contributed by atoms with van der Waals surface area (Å²) in [6.45, 7) is 8.46. The predicted octanol–water partition coefficient (Wildman–Crippen LogP) is 0.605. The van der Waals surface area contributed by atoms with E-state index in [4.69, 9.17) is 5.11 Å². The number of hydrogen-bond acceptors (Lipinski definition) is 3. The summed E-state index contributed by atoms with van der Waals surface area (Å²) in [6, 6.07) is 0. The highest BCUT2D eigenvalue weighted by molar-refractivity contribution is 5.85. The Labute approximate surface area is 98.0 Å². The van der Waals surface area contributed by atoms with Crippen molar-refractivity contribution in [1.82, 2.24) is 10.2 Å². The first kappa shape index (κ1) is 13.5. The summed E-state index contributed by atoms with van der Waals surface area (Å²) in [5.41, 5.74) is -0.471. The number of carbonyl (C=O) groups excluding carboxylic acids is 1. The Morgan fingerprint density at radius 1 is 1.44 bits per heavy atom. The summed E-state index contributed by atoms with van der Waals surface area (Å²) in [4.78, 5) is 14.1. The molecular weight excluding hydrogens is 204 g/mol. The standard InChI is InChI=1S/C12H24N2O2/c1-4-13-12(2,3)11(16)14-7-5-10(9-15)6-8-14/h10,13,15H,4-9H2,1-3H3. The number of nitrogens with zero attached hydrogens (tertiary/aromatic N) is 1. The minimum Gasteiger partial charge on any atom is -0.396 e. The van der Waals surface area contributed by atoms with E-state index in [1.54, 1.807) is 0 Å². The van der Waals surface area contributed by atoms with Crippen LogP contribution in [0.2, 0.25) is 0 Å². The Hall–Kier alpha value is -0.610. The van der Waals surface area contributed by atoms with E-state index in [2.05, 4.69) is 5.32 Å². The van der Waals surface area contributed by atoms with Gasteiger partial charge in [-0.15, -0.1) is 0 Å². The van der Waals surface area contributed by atoms with Crippen LogP contribution in [0.5, 0.6) is 0 Å². The average Bonchev–Trinajstić information content (AvgIpc) is 2.28. The van der Waals surface area contributed by atoms with Gasteiger partial charge in [0.1, 0.15) is 0 Å². The number of aliphatic hydroxyl groups is 1. The fourth-order valence-corrected chi connectivity index (χ4v) is 2.23. The zero-order chi connectivity index (χ0) is 12.2. The van der Waals surface area contributed by atoms with Gasteiger partial charge >= 0.3 is 0 Å².